The van der Waals surface area contributed by atoms with Crippen molar-refractivity contribution >= 4 is 5.97 Å². The first kappa shape index (κ1) is 13.1. The summed E-state index contributed by atoms with van der Waals surface area (Å²) in [6.07, 6.45) is -0.460. The molecule has 3 unspecified atom stereocenters. The zero-order valence-electron chi connectivity index (χ0n) is 11.5. The molecule has 0 N–H and O–H groups in total. The molecule has 2 heterocycles. The number of methoxy groups -OCH3 is 2. The van der Waals surface area contributed by atoms with Crippen LogP contribution in [0.25, 0.3) is 0 Å². The number of hydrogen-bond donors (Lipinski definition) is 0. The summed E-state index contributed by atoms with van der Waals surface area (Å²) in [4.78, 5) is 11.0. The topological polar surface area (TPSA) is 63.2 Å². The van der Waals surface area contributed by atoms with Gasteiger partial charge in [0, 0.05) is 31.0 Å². The standard InChI is InChI=1S/C14H16O6/c1-7(15)18-12-6-9-13-10(17-3)4-8(16-2)5-11(13)19-14(9)20-12/h4-5,9,12,14H,6H2,1-3H3. The van der Waals surface area contributed by atoms with E-state index in [2.05, 4.69) is 0 Å². The number of ether oxygens (including phenoxy) is 5. The number of fused-ring (bicyclic) bond motifs is 3. The minimum Gasteiger partial charge on any atom is -0.496 e. The van der Waals surface area contributed by atoms with Gasteiger partial charge in [0.1, 0.15) is 17.2 Å². The van der Waals surface area contributed by atoms with Gasteiger partial charge in [-0.3, -0.25) is 4.79 Å². The molecule has 0 bridgehead atoms. The van der Waals surface area contributed by atoms with Crippen molar-refractivity contribution in [2.75, 3.05) is 14.2 Å². The second-order valence-corrected chi connectivity index (χ2v) is 4.74. The Kier molecular flexibility index (Phi) is 3.17. The molecular formula is C14H16O6. The van der Waals surface area contributed by atoms with Gasteiger partial charge >= 0.3 is 5.97 Å². The Morgan fingerprint density at radius 3 is 2.75 bits per heavy atom. The van der Waals surface area contributed by atoms with E-state index in [9.17, 15) is 4.79 Å². The molecule has 0 saturated carbocycles. The predicted molar refractivity (Wildman–Crippen MR) is 68.0 cm³/mol. The van der Waals surface area contributed by atoms with Crippen molar-refractivity contribution in [3.63, 3.8) is 0 Å². The number of rotatable bonds is 3. The van der Waals surface area contributed by atoms with Crippen molar-refractivity contribution in [3.8, 4) is 17.2 Å². The SMILES string of the molecule is COc1cc(OC)c2c(c1)OC1OC(OC(C)=O)CC21. The largest absolute Gasteiger partial charge is 0.496 e. The second-order valence-electron chi connectivity index (χ2n) is 4.74. The third-order valence-electron chi connectivity index (χ3n) is 3.51. The van der Waals surface area contributed by atoms with E-state index >= 15 is 0 Å². The molecule has 1 aromatic rings. The predicted octanol–water partition coefficient (Wildman–Crippen LogP) is 1.82. The van der Waals surface area contributed by atoms with Crippen LogP contribution in [0.15, 0.2) is 12.1 Å². The average molecular weight is 280 g/mol. The molecule has 20 heavy (non-hydrogen) atoms. The number of benzene rings is 1. The summed E-state index contributed by atoms with van der Waals surface area (Å²) in [7, 11) is 3.19. The molecular weight excluding hydrogens is 264 g/mol. The van der Waals surface area contributed by atoms with Crippen LogP contribution in [0.5, 0.6) is 17.2 Å². The van der Waals surface area contributed by atoms with Crippen molar-refractivity contribution < 1.29 is 28.5 Å². The van der Waals surface area contributed by atoms with Crippen LogP contribution in [0.1, 0.15) is 24.8 Å². The Balaban J connectivity index is 1.89. The molecule has 0 aliphatic carbocycles. The minimum atomic E-state index is -0.567. The summed E-state index contributed by atoms with van der Waals surface area (Å²) in [5.41, 5.74) is 0.938. The van der Waals surface area contributed by atoms with Gasteiger partial charge in [0.15, 0.2) is 0 Å². The lowest BCUT2D eigenvalue weighted by atomic mass is 9.97. The number of carbonyl (C=O) groups excluding carboxylic acids is 1. The maximum atomic E-state index is 11.0. The Hall–Kier alpha value is -1.95. The first-order valence-electron chi connectivity index (χ1n) is 6.37. The Morgan fingerprint density at radius 1 is 1.30 bits per heavy atom. The second kappa shape index (κ2) is 4.86. The van der Waals surface area contributed by atoms with Crippen LogP contribution >= 0.6 is 0 Å². The van der Waals surface area contributed by atoms with E-state index in [0.717, 1.165) is 5.56 Å². The van der Waals surface area contributed by atoms with Crippen LogP contribution in [0.2, 0.25) is 0 Å². The lowest BCUT2D eigenvalue weighted by Gasteiger charge is -2.14. The average Bonchev–Trinajstić information content (AvgIpc) is 2.92. The first-order chi connectivity index (χ1) is 9.62. The molecule has 2 aliphatic heterocycles. The fourth-order valence-corrected chi connectivity index (χ4v) is 2.70. The molecule has 1 fully saturated rings. The lowest BCUT2D eigenvalue weighted by molar-refractivity contribution is -0.188. The van der Waals surface area contributed by atoms with Crippen LogP contribution in [-0.2, 0) is 14.3 Å². The van der Waals surface area contributed by atoms with Gasteiger partial charge in [-0.15, -0.1) is 0 Å². The van der Waals surface area contributed by atoms with Crippen LogP contribution in [0, 0.1) is 0 Å². The number of hydrogen-bond acceptors (Lipinski definition) is 6. The van der Waals surface area contributed by atoms with E-state index in [1.807, 2.05) is 6.07 Å². The summed E-state index contributed by atoms with van der Waals surface area (Å²) in [5.74, 6) is 1.68. The summed E-state index contributed by atoms with van der Waals surface area (Å²) >= 11 is 0. The van der Waals surface area contributed by atoms with Crippen LogP contribution in [0.4, 0.5) is 0 Å². The van der Waals surface area contributed by atoms with E-state index in [4.69, 9.17) is 23.7 Å². The molecule has 6 heteroatoms. The van der Waals surface area contributed by atoms with Gasteiger partial charge in [-0.1, -0.05) is 0 Å². The summed E-state index contributed by atoms with van der Waals surface area (Å²) in [6.45, 7) is 1.36. The molecule has 0 radical (unpaired) electrons. The molecule has 2 aliphatic rings. The number of esters is 1. The van der Waals surface area contributed by atoms with Crippen molar-refractivity contribution in [2.24, 2.45) is 0 Å². The molecule has 0 spiro atoms. The van der Waals surface area contributed by atoms with Gasteiger partial charge in [0.25, 0.3) is 0 Å². The Morgan fingerprint density at radius 2 is 2.10 bits per heavy atom. The van der Waals surface area contributed by atoms with Gasteiger partial charge in [-0.05, 0) is 0 Å². The molecule has 3 atom stereocenters. The summed E-state index contributed by atoms with van der Waals surface area (Å²) < 4.78 is 27.0. The van der Waals surface area contributed by atoms with Crippen molar-refractivity contribution in [3.05, 3.63) is 17.7 Å². The fourth-order valence-electron chi connectivity index (χ4n) is 2.70. The third-order valence-corrected chi connectivity index (χ3v) is 3.51. The van der Waals surface area contributed by atoms with E-state index < -0.39 is 12.6 Å². The van der Waals surface area contributed by atoms with Crippen LogP contribution in [-0.4, -0.2) is 32.8 Å². The van der Waals surface area contributed by atoms with E-state index in [1.165, 1.54) is 6.92 Å². The highest BCUT2D eigenvalue weighted by Crippen LogP contribution is 2.51. The van der Waals surface area contributed by atoms with Crippen molar-refractivity contribution in [2.45, 2.75) is 31.8 Å². The highest BCUT2D eigenvalue weighted by Gasteiger charge is 2.47. The highest BCUT2D eigenvalue weighted by molar-refractivity contribution is 5.66. The van der Waals surface area contributed by atoms with Crippen LogP contribution < -0.4 is 14.2 Å². The van der Waals surface area contributed by atoms with E-state index in [0.29, 0.717) is 23.7 Å². The van der Waals surface area contributed by atoms with Crippen molar-refractivity contribution in [1.29, 1.82) is 0 Å². The van der Waals surface area contributed by atoms with E-state index in [-0.39, 0.29) is 11.9 Å². The molecule has 1 aromatic carbocycles. The zero-order valence-corrected chi connectivity index (χ0v) is 11.5. The molecule has 0 aromatic heterocycles. The van der Waals surface area contributed by atoms with Gasteiger partial charge in [-0.2, -0.15) is 0 Å². The van der Waals surface area contributed by atoms with E-state index in [1.54, 1.807) is 20.3 Å². The van der Waals surface area contributed by atoms with Gasteiger partial charge < -0.3 is 23.7 Å². The zero-order chi connectivity index (χ0) is 14.3. The molecule has 1 saturated heterocycles. The monoisotopic (exact) mass is 280 g/mol. The maximum Gasteiger partial charge on any atom is 0.304 e. The quantitative estimate of drug-likeness (QED) is 0.787. The third kappa shape index (κ3) is 2.06. The van der Waals surface area contributed by atoms with Crippen molar-refractivity contribution in [1.82, 2.24) is 0 Å². The van der Waals surface area contributed by atoms with Gasteiger partial charge in [-0.25, -0.2) is 0 Å². The lowest BCUT2D eigenvalue weighted by Crippen LogP contribution is -2.19. The normalized spacial score (nSPS) is 26.4. The highest BCUT2D eigenvalue weighted by atomic mass is 16.8. The molecule has 108 valence electrons. The maximum absolute atomic E-state index is 11.0. The van der Waals surface area contributed by atoms with Gasteiger partial charge in [0.2, 0.25) is 12.6 Å². The summed E-state index contributed by atoms with van der Waals surface area (Å²) in [5, 5.41) is 0. The smallest absolute Gasteiger partial charge is 0.304 e. The van der Waals surface area contributed by atoms with Crippen LogP contribution in [0.3, 0.4) is 0 Å². The first-order valence-corrected chi connectivity index (χ1v) is 6.37. The van der Waals surface area contributed by atoms with Gasteiger partial charge in [0.05, 0.1) is 20.1 Å². The summed E-state index contributed by atoms with van der Waals surface area (Å²) in [6, 6.07) is 3.62. The number of carbonyl (C=O) groups is 1. The minimum absolute atomic E-state index is 0.00444. The molecule has 0 amide bonds. The fraction of sp³-hybridized carbons (Fsp3) is 0.500. The molecule has 6 nitrogen and oxygen atoms in total. The Bertz CT molecular complexity index is 541. The Labute approximate surface area is 116 Å². The molecule has 3 rings (SSSR count).